The highest BCUT2D eigenvalue weighted by Gasteiger charge is 2.17. The van der Waals surface area contributed by atoms with Crippen molar-refractivity contribution in [3.63, 3.8) is 0 Å². The number of amides is 1. The molecule has 0 unspecified atom stereocenters. The van der Waals surface area contributed by atoms with Crippen LogP contribution in [0.4, 0.5) is 11.4 Å². The van der Waals surface area contributed by atoms with Crippen LogP contribution < -0.4 is 10.2 Å². The zero-order chi connectivity index (χ0) is 19.6. The normalized spacial score (nSPS) is 13.2. The minimum atomic E-state index is -0.237. The van der Waals surface area contributed by atoms with Crippen LogP contribution in [0.25, 0.3) is 10.9 Å². The number of nitrogens with one attached hydrogen (secondary N) is 1. The van der Waals surface area contributed by atoms with Crippen molar-refractivity contribution in [1.82, 2.24) is 9.97 Å². The van der Waals surface area contributed by atoms with Gasteiger partial charge in [-0.3, -0.25) is 9.78 Å². The van der Waals surface area contributed by atoms with E-state index in [1.807, 2.05) is 36.4 Å². The van der Waals surface area contributed by atoms with Gasteiger partial charge in [0.1, 0.15) is 5.69 Å². The molecule has 0 spiro atoms. The van der Waals surface area contributed by atoms with Gasteiger partial charge in [-0.15, -0.1) is 0 Å². The SMILES string of the molecule is O=C(Nc1cccc2cccnc12)c1ccc(N2CCc3ccccc3C2)cn1. The number of hydrogen-bond donors (Lipinski definition) is 1. The maximum Gasteiger partial charge on any atom is 0.274 e. The third kappa shape index (κ3) is 3.43. The lowest BCUT2D eigenvalue weighted by molar-refractivity contribution is 0.102. The molecule has 5 heteroatoms. The lowest BCUT2D eigenvalue weighted by Gasteiger charge is -2.30. The van der Waals surface area contributed by atoms with Crippen molar-refractivity contribution in [2.45, 2.75) is 13.0 Å². The van der Waals surface area contributed by atoms with E-state index in [-0.39, 0.29) is 5.91 Å². The number of carbonyl (C=O) groups is 1. The van der Waals surface area contributed by atoms with Crippen molar-refractivity contribution in [2.75, 3.05) is 16.8 Å². The van der Waals surface area contributed by atoms with Crippen LogP contribution >= 0.6 is 0 Å². The molecule has 0 radical (unpaired) electrons. The standard InChI is InChI=1S/C24H20N4O/c29-24(27-21-9-3-7-18-8-4-13-25-23(18)21)22-11-10-20(15-26-22)28-14-12-17-5-1-2-6-19(17)16-28/h1-11,13,15H,12,14,16H2,(H,27,29). The van der Waals surface area contributed by atoms with E-state index in [9.17, 15) is 4.79 Å². The van der Waals surface area contributed by atoms with Gasteiger partial charge < -0.3 is 10.2 Å². The minimum Gasteiger partial charge on any atom is -0.366 e. The van der Waals surface area contributed by atoms with Gasteiger partial charge in [-0.1, -0.05) is 42.5 Å². The maximum atomic E-state index is 12.7. The Kier molecular flexibility index (Phi) is 4.41. The average molecular weight is 380 g/mol. The van der Waals surface area contributed by atoms with Crippen molar-refractivity contribution < 1.29 is 4.79 Å². The molecule has 2 aromatic heterocycles. The Balaban J connectivity index is 1.33. The van der Waals surface area contributed by atoms with Gasteiger partial charge in [0, 0.05) is 24.7 Å². The fourth-order valence-corrected chi connectivity index (χ4v) is 3.81. The highest BCUT2D eigenvalue weighted by Crippen LogP contribution is 2.25. The first-order chi connectivity index (χ1) is 14.3. The molecule has 1 amide bonds. The van der Waals surface area contributed by atoms with Crippen LogP contribution in [-0.2, 0) is 13.0 Å². The van der Waals surface area contributed by atoms with Crippen molar-refractivity contribution >= 4 is 28.2 Å². The Hall–Kier alpha value is -3.73. The van der Waals surface area contributed by atoms with E-state index in [1.54, 1.807) is 18.5 Å². The van der Waals surface area contributed by atoms with Crippen LogP contribution in [0, 0.1) is 0 Å². The Morgan fingerprint density at radius 1 is 0.897 bits per heavy atom. The Labute approximate surface area is 169 Å². The van der Waals surface area contributed by atoms with Crippen LogP contribution in [0.3, 0.4) is 0 Å². The monoisotopic (exact) mass is 380 g/mol. The highest BCUT2D eigenvalue weighted by atomic mass is 16.1. The van der Waals surface area contributed by atoms with E-state index in [2.05, 4.69) is 44.5 Å². The average Bonchev–Trinajstić information content (AvgIpc) is 2.79. The van der Waals surface area contributed by atoms with Crippen LogP contribution in [0.5, 0.6) is 0 Å². The molecule has 0 bridgehead atoms. The summed E-state index contributed by atoms with van der Waals surface area (Å²) in [6.45, 7) is 1.82. The molecule has 0 saturated carbocycles. The van der Waals surface area contributed by atoms with Gasteiger partial charge in [-0.25, -0.2) is 4.98 Å². The fourth-order valence-electron chi connectivity index (χ4n) is 3.81. The Morgan fingerprint density at radius 3 is 2.62 bits per heavy atom. The zero-order valence-electron chi connectivity index (χ0n) is 15.9. The fraction of sp³-hybridized carbons (Fsp3) is 0.125. The van der Waals surface area contributed by atoms with Crippen molar-refractivity contribution in [2.24, 2.45) is 0 Å². The molecule has 2 aromatic carbocycles. The summed E-state index contributed by atoms with van der Waals surface area (Å²) in [7, 11) is 0. The van der Waals surface area contributed by atoms with Crippen molar-refractivity contribution in [3.8, 4) is 0 Å². The summed E-state index contributed by atoms with van der Waals surface area (Å²) in [5, 5.41) is 3.92. The molecule has 29 heavy (non-hydrogen) atoms. The second kappa shape index (κ2) is 7.36. The number of fused-ring (bicyclic) bond motifs is 2. The first-order valence-corrected chi connectivity index (χ1v) is 9.71. The predicted molar refractivity (Wildman–Crippen MR) is 115 cm³/mol. The molecule has 5 nitrogen and oxygen atoms in total. The largest absolute Gasteiger partial charge is 0.366 e. The van der Waals surface area contributed by atoms with Gasteiger partial charge in [-0.05, 0) is 41.8 Å². The van der Waals surface area contributed by atoms with E-state index >= 15 is 0 Å². The summed E-state index contributed by atoms with van der Waals surface area (Å²) in [6.07, 6.45) is 4.53. The van der Waals surface area contributed by atoms with Gasteiger partial charge in [0.05, 0.1) is 23.1 Å². The predicted octanol–water partition coefficient (Wildman–Crippen LogP) is 4.44. The van der Waals surface area contributed by atoms with Gasteiger partial charge >= 0.3 is 0 Å². The summed E-state index contributed by atoms with van der Waals surface area (Å²) in [5.74, 6) is -0.237. The summed E-state index contributed by atoms with van der Waals surface area (Å²) in [4.78, 5) is 23.8. The van der Waals surface area contributed by atoms with Crippen LogP contribution in [-0.4, -0.2) is 22.4 Å². The van der Waals surface area contributed by atoms with Gasteiger partial charge in [0.2, 0.25) is 0 Å². The molecule has 1 N–H and O–H groups in total. The summed E-state index contributed by atoms with van der Waals surface area (Å²) < 4.78 is 0. The second-order valence-electron chi connectivity index (χ2n) is 7.18. The van der Waals surface area contributed by atoms with E-state index in [4.69, 9.17) is 0 Å². The number of carbonyl (C=O) groups excluding carboxylic acids is 1. The second-order valence-corrected chi connectivity index (χ2v) is 7.18. The molecule has 1 aliphatic heterocycles. The van der Waals surface area contributed by atoms with Crippen molar-refractivity contribution in [1.29, 1.82) is 0 Å². The molecular formula is C24H20N4O. The number of rotatable bonds is 3. The number of aromatic nitrogens is 2. The zero-order valence-corrected chi connectivity index (χ0v) is 15.9. The molecular weight excluding hydrogens is 360 g/mol. The smallest absolute Gasteiger partial charge is 0.274 e. The number of benzene rings is 2. The molecule has 4 aromatic rings. The highest BCUT2D eigenvalue weighted by molar-refractivity contribution is 6.07. The summed E-state index contributed by atoms with van der Waals surface area (Å²) >= 11 is 0. The van der Waals surface area contributed by atoms with Crippen LogP contribution in [0.15, 0.2) is 79.1 Å². The molecule has 1 aliphatic rings. The lowest BCUT2D eigenvalue weighted by atomic mass is 10.00. The van der Waals surface area contributed by atoms with Gasteiger partial charge in [-0.2, -0.15) is 0 Å². The van der Waals surface area contributed by atoms with Gasteiger partial charge in [0.25, 0.3) is 5.91 Å². The quantitative estimate of drug-likeness (QED) is 0.571. The molecule has 0 aliphatic carbocycles. The molecule has 5 rings (SSSR count). The molecule has 3 heterocycles. The minimum absolute atomic E-state index is 0.237. The molecule has 142 valence electrons. The third-order valence-corrected chi connectivity index (χ3v) is 5.36. The van der Waals surface area contributed by atoms with E-state index in [0.717, 1.165) is 36.1 Å². The molecule has 0 atom stereocenters. The van der Waals surface area contributed by atoms with Crippen LogP contribution in [0.1, 0.15) is 21.6 Å². The first-order valence-electron chi connectivity index (χ1n) is 9.71. The van der Waals surface area contributed by atoms with E-state index in [0.29, 0.717) is 11.4 Å². The number of anilines is 2. The van der Waals surface area contributed by atoms with E-state index in [1.165, 1.54) is 11.1 Å². The first kappa shape index (κ1) is 17.4. The lowest BCUT2D eigenvalue weighted by Crippen LogP contribution is -2.30. The summed E-state index contributed by atoms with van der Waals surface area (Å²) in [5.41, 5.74) is 5.64. The maximum absolute atomic E-state index is 12.7. The Morgan fingerprint density at radius 2 is 1.76 bits per heavy atom. The topological polar surface area (TPSA) is 58.1 Å². The Bertz CT molecular complexity index is 1180. The molecule has 0 fully saturated rings. The van der Waals surface area contributed by atoms with Gasteiger partial charge in [0.15, 0.2) is 0 Å². The summed E-state index contributed by atoms with van der Waals surface area (Å²) in [6, 6.07) is 21.9. The number of hydrogen-bond acceptors (Lipinski definition) is 4. The number of nitrogens with zero attached hydrogens (tertiary/aromatic N) is 3. The van der Waals surface area contributed by atoms with Crippen molar-refractivity contribution in [3.05, 3.63) is 95.9 Å². The number of para-hydroxylation sites is 1. The molecule has 0 saturated heterocycles. The third-order valence-electron chi connectivity index (χ3n) is 5.36. The van der Waals surface area contributed by atoms with Crippen LogP contribution in [0.2, 0.25) is 0 Å². The number of pyridine rings is 2. The van der Waals surface area contributed by atoms with E-state index < -0.39 is 0 Å².